The molecule has 0 radical (unpaired) electrons. The van der Waals surface area contributed by atoms with Crippen LogP contribution in [0.1, 0.15) is 26.7 Å². The van der Waals surface area contributed by atoms with Gasteiger partial charge >= 0.3 is 0 Å². The fourth-order valence-electron chi connectivity index (χ4n) is 2.21. The Morgan fingerprint density at radius 2 is 2.25 bits per heavy atom. The standard InChI is InChI=1S/C10H18N2/c1-7(2)12-9-6-11-8(3)10(9)4-5-10/h7,9,11-12H,3-6H2,1-2H3. The normalized spacial score (nSPS) is 31.2. The van der Waals surface area contributed by atoms with Crippen LogP contribution in [0.4, 0.5) is 0 Å². The van der Waals surface area contributed by atoms with Crippen LogP contribution in [0.2, 0.25) is 0 Å². The zero-order valence-electron chi connectivity index (χ0n) is 7.98. The molecule has 1 unspecified atom stereocenters. The Labute approximate surface area is 74.4 Å². The summed E-state index contributed by atoms with van der Waals surface area (Å²) in [6, 6.07) is 1.21. The Morgan fingerprint density at radius 3 is 2.75 bits per heavy atom. The Bertz CT molecular complexity index is 204. The molecule has 1 saturated heterocycles. The summed E-state index contributed by atoms with van der Waals surface area (Å²) in [5.74, 6) is 0. The third-order valence-corrected chi connectivity index (χ3v) is 3.11. The van der Waals surface area contributed by atoms with E-state index in [1.807, 2.05) is 0 Å². The van der Waals surface area contributed by atoms with Gasteiger partial charge in [-0.1, -0.05) is 20.4 Å². The van der Waals surface area contributed by atoms with Crippen LogP contribution in [-0.2, 0) is 0 Å². The van der Waals surface area contributed by atoms with E-state index in [0.717, 1.165) is 6.54 Å². The first kappa shape index (κ1) is 8.11. The van der Waals surface area contributed by atoms with Crippen LogP contribution in [0.5, 0.6) is 0 Å². The van der Waals surface area contributed by atoms with Gasteiger partial charge in [0.25, 0.3) is 0 Å². The lowest BCUT2D eigenvalue weighted by Crippen LogP contribution is -2.41. The summed E-state index contributed by atoms with van der Waals surface area (Å²) in [5.41, 5.74) is 1.70. The molecule has 12 heavy (non-hydrogen) atoms. The van der Waals surface area contributed by atoms with Gasteiger partial charge < -0.3 is 10.6 Å². The molecule has 1 spiro atoms. The maximum Gasteiger partial charge on any atom is 0.0353 e. The van der Waals surface area contributed by atoms with Crippen LogP contribution in [-0.4, -0.2) is 18.6 Å². The molecule has 0 bridgehead atoms. The molecular formula is C10H18N2. The molecule has 2 aliphatic rings. The molecule has 2 nitrogen and oxygen atoms in total. The number of hydrogen-bond donors (Lipinski definition) is 2. The van der Waals surface area contributed by atoms with Crippen molar-refractivity contribution in [1.29, 1.82) is 0 Å². The molecule has 1 heterocycles. The average Bonchev–Trinajstić information content (AvgIpc) is 2.71. The Kier molecular flexibility index (Phi) is 1.69. The molecule has 2 heteroatoms. The second kappa shape index (κ2) is 2.49. The van der Waals surface area contributed by atoms with E-state index in [4.69, 9.17) is 0 Å². The highest BCUT2D eigenvalue weighted by molar-refractivity contribution is 5.27. The monoisotopic (exact) mass is 166 g/mol. The summed E-state index contributed by atoms with van der Waals surface area (Å²) >= 11 is 0. The van der Waals surface area contributed by atoms with Crippen LogP contribution in [0.25, 0.3) is 0 Å². The largest absolute Gasteiger partial charge is 0.387 e. The second-order valence-corrected chi connectivity index (χ2v) is 4.39. The van der Waals surface area contributed by atoms with Gasteiger partial charge in [0.1, 0.15) is 0 Å². The van der Waals surface area contributed by atoms with Crippen molar-refractivity contribution in [2.24, 2.45) is 5.41 Å². The predicted molar refractivity (Wildman–Crippen MR) is 50.9 cm³/mol. The van der Waals surface area contributed by atoms with E-state index in [9.17, 15) is 0 Å². The van der Waals surface area contributed by atoms with Crippen molar-refractivity contribution < 1.29 is 0 Å². The molecule has 2 N–H and O–H groups in total. The van der Waals surface area contributed by atoms with Crippen molar-refractivity contribution in [2.75, 3.05) is 6.54 Å². The summed E-state index contributed by atoms with van der Waals surface area (Å²) in [5, 5.41) is 6.97. The maximum atomic E-state index is 4.08. The van der Waals surface area contributed by atoms with E-state index in [2.05, 4.69) is 31.1 Å². The van der Waals surface area contributed by atoms with Gasteiger partial charge in [-0.25, -0.2) is 0 Å². The van der Waals surface area contributed by atoms with Crippen molar-refractivity contribution in [2.45, 2.75) is 38.8 Å². The number of rotatable bonds is 2. The lowest BCUT2D eigenvalue weighted by Gasteiger charge is -2.21. The Hall–Kier alpha value is -0.500. The summed E-state index contributed by atoms with van der Waals surface area (Å²) in [6.07, 6.45) is 2.65. The molecule has 1 atom stereocenters. The molecule has 0 aromatic rings. The van der Waals surface area contributed by atoms with Crippen molar-refractivity contribution in [3.63, 3.8) is 0 Å². The third kappa shape index (κ3) is 1.06. The highest BCUT2D eigenvalue weighted by atomic mass is 15.1. The molecule has 1 aliphatic heterocycles. The van der Waals surface area contributed by atoms with Crippen molar-refractivity contribution in [3.05, 3.63) is 12.3 Å². The van der Waals surface area contributed by atoms with Gasteiger partial charge in [-0.15, -0.1) is 0 Å². The van der Waals surface area contributed by atoms with Gasteiger partial charge in [-0.2, -0.15) is 0 Å². The minimum atomic E-state index is 0.435. The lowest BCUT2D eigenvalue weighted by atomic mass is 9.97. The summed E-state index contributed by atoms with van der Waals surface area (Å²) < 4.78 is 0. The predicted octanol–water partition coefficient (Wildman–Crippen LogP) is 1.25. The fourth-order valence-corrected chi connectivity index (χ4v) is 2.21. The Balaban J connectivity index is 2.03. The van der Waals surface area contributed by atoms with Gasteiger partial charge in [-0.05, 0) is 12.8 Å². The van der Waals surface area contributed by atoms with Crippen LogP contribution < -0.4 is 10.6 Å². The number of hydrogen-bond acceptors (Lipinski definition) is 2. The summed E-state index contributed by atoms with van der Waals surface area (Å²) in [4.78, 5) is 0. The SMILES string of the molecule is C=C1NCC(NC(C)C)C12CC2. The highest BCUT2D eigenvalue weighted by Crippen LogP contribution is 2.55. The van der Waals surface area contributed by atoms with Crippen LogP contribution >= 0.6 is 0 Å². The molecule has 1 saturated carbocycles. The topological polar surface area (TPSA) is 24.1 Å². The van der Waals surface area contributed by atoms with E-state index < -0.39 is 0 Å². The zero-order chi connectivity index (χ0) is 8.77. The van der Waals surface area contributed by atoms with E-state index in [1.165, 1.54) is 18.5 Å². The van der Waals surface area contributed by atoms with Gasteiger partial charge in [0, 0.05) is 29.7 Å². The first-order valence-electron chi connectivity index (χ1n) is 4.84. The van der Waals surface area contributed by atoms with Crippen molar-refractivity contribution in [1.82, 2.24) is 10.6 Å². The van der Waals surface area contributed by atoms with Crippen LogP contribution in [0, 0.1) is 5.41 Å². The molecule has 2 rings (SSSR count). The van der Waals surface area contributed by atoms with E-state index >= 15 is 0 Å². The minimum absolute atomic E-state index is 0.435. The van der Waals surface area contributed by atoms with E-state index in [1.54, 1.807) is 0 Å². The molecule has 2 fully saturated rings. The van der Waals surface area contributed by atoms with Crippen molar-refractivity contribution >= 4 is 0 Å². The average molecular weight is 166 g/mol. The summed E-state index contributed by atoms with van der Waals surface area (Å²) in [6.45, 7) is 9.55. The van der Waals surface area contributed by atoms with E-state index in [-0.39, 0.29) is 0 Å². The first-order valence-corrected chi connectivity index (χ1v) is 4.84. The smallest absolute Gasteiger partial charge is 0.0353 e. The zero-order valence-corrected chi connectivity index (χ0v) is 7.98. The molecular weight excluding hydrogens is 148 g/mol. The van der Waals surface area contributed by atoms with Gasteiger partial charge in [0.05, 0.1) is 0 Å². The molecule has 0 aromatic carbocycles. The fraction of sp³-hybridized carbons (Fsp3) is 0.800. The van der Waals surface area contributed by atoms with Crippen LogP contribution in [0.3, 0.4) is 0 Å². The van der Waals surface area contributed by atoms with Gasteiger partial charge in [0.2, 0.25) is 0 Å². The Morgan fingerprint density at radius 1 is 1.58 bits per heavy atom. The van der Waals surface area contributed by atoms with Gasteiger partial charge in [0.15, 0.2) is 0 Å². The summed E-state index contributed by atoms with van der Waals surface area (Å²) in [7, 11) is 0. The first-order chi connectivity index (χ1) is 5.65. The molecule has 68 valence electrons. The lowest BCUT2D eigenvalue weighted by molar-refractivity contribution is 0.398. The molecule has 1 aliphatic carbocycles. The quantitative estimate of drug-likeness (QED) is 0.645. The number of nitrogens with one attached hydrogen (secondary N) is 2. The van der Waals surface area contributed by atoms with Crippen molar-refractivity contribution in [3.8, 4) is 0 Å². The van der Waals surface area contributed by atoms with Gasteiger partial charge in [-0.3, -0.25) is 0 Å². The maximum absolute atomic E-state index is 4.08. The third-order valence-electron chi connectivity index (χ3n) is 3.11. The molecule has 0 aromatic heterocycles. The second-order valence-electron chi connectivity index (χ2n) is 4.39. The minimum Gasteiger partial charge on any atom is -0.387 e. The van der Waals surface area contributed by atoms with Crippen LogP contribution in [0.15, 0.2) is 12.3 Å². The highest BCUT2D eigenvalue weighted by Gasteiger charge is 2.55. The van der Waals surface area contributed by atoms with E-state index in [0.29, 0.717) is 17.5 Å². The molecule has 0 amide bonds.